The molecule has 1 aromatic carbocycles. The minimum Gasteiger partial charge on any atom is -0.337 e. The number of piperazine rings is 1. The van der Waals surface area contributed by atoms with E-state index in [1.807, 2.05) is 40.1 Å². The van der Waals surface area contributed by atoms with Gasteiger partial charge in [0.15, 0.2) is 0 Å². The van der Waals surface area contributed by atoms with Gasteiger partial charge in [-0.3, -0.25) is 14.6 Å². The number of nitrogens with one attached hydrogen (secondary N) is 1. The summed E-state index contributed by atoms with van der Waals surface area (Å²) in [7, 11) is 0. The van der Waals surface area contributed by atoms with Gasteiger partial charge in [-0.15, -0.1) is 24.8 Å². The van der Waals surface area contributed by atoms with Crippen molar-refractivity contribution in [1.82, 2.24) is 20.1 Å². The molecule has 2 aromatic rings. The molecule has 1 saturated carbocycles. The normalized spacial score (nSPS) is 21.7. The molecule has 30 heavy (non-hydrogen) atoms. The summed E-state index contributed by atoms with van der Waals surface area (Å²) < 4.78 is 0. The number of hydrogen-bond acceptors (Lipinski definition) is 4. The van der Waals surface area contributed by atoms with Crippen molar-refractivity contribution in [3.05, 3.63) is 41.6 Å². The Balaban J connectivity index is 0.00000128. The third kappa shape index (κ3) is 4.41. The number of pyridine rings is 1. The Morgan fingerprint density at radius 1 is 1.10 bits per heavy atom. The molecule has 3 heterocycles. The van der Waals surface area contributed by atoms with Crippen molar-refractivity contribution in [2.24, 2.45) is 0 Å². The van der Waals surface area contributed by atoms with E-state index >= 15 is 0 Å². The lowest BCUT2D eigenvalue weighted by molar-refractivity contribution is -0.135. The van der Waals surface area contributed by atoms with Crippen LogP contribution in [0.3, 0.4) is 0 Å². The zero-order valence-corrected chi connectivity index (χ0v) is 18.5. The third-order valence-electron chi connectivity index (χ3n) is 6.21. The number of fused-ring (bicyclic) bond motifs is 1. The van der Waals surface area contributed by atoms with E-state index in [4.69, 9.17) is 4.98 Å². The van der Waals surface area contributed by atoms with E-state index < -0.39 is 0 Å². The third-order valence-corrected chi connectivity index (χ3v) is 6.21. The number of piperidine rings is 1. The molecule has 1 aromatic heterocycles. The van der Waals surface area contributed by atoms with Crippen LogP contribution in [0.25, 0.3) is 10.9 Å². The van der Waals surface area contributed by atoms with Gasteiger partial charge in [0.2, 0.25) is 5.91 Å². The molecule has 1 atom stereocenters. The predicted octanol–water partition coefficient (Wildman–Crippen LogP) is 2.99. The van der Waals surface area contributed by atoms with Crippen molar-refractivity contribution >= 4 is 47.5 Å². The molecule has 0 radical (unpaired) electrons. The van der Waals surface area contributed by atoms with Gasteiger partial charge in [0.25, 0.3) is 5.91 Å². The molecular formula is C22H28Cl2N4O2. The first kappa shape index (κ1) is 22.8. The van der Waals surface area contributed by atoms with Gasteiger partial charge in [-0.25, -0.2) is 0 Å². The number of nitrogens with zero attached hydrogens (tertiary/aromatic N) is 3. The summed E-state index contributed by atoms with van der Waals surface area (Å²) in [5.74, 6) is 0.729. The molecule has 0 spiro atoms. The SMILES string of the molecule is Cl.Cl.O=C(c1cc(C2CC2)nc2ccccc12)N1CCCC(N2CCNCC2=O)C1. The van der Waals surface area contributed by atoms with Crippen LogP contribution >= 0.6 is 24.8 Å². The average Bonchev–Trinajstić information content (AvgIpc) is 3.58. The van der Waals surface area contributed by atoms with Crippen LogP contribution in [0.4, 0.5) is 0 Å². The Bertz CT molecular complexity index is 934. The molecule has 6 nitrogen and oxygen atoms in total. The first-order valence-electron chi connectivity index (χ1n) is 10.4. The van der Waals surface area contributed by atoms with E-state index in [0.29, 0.717) is 19.0 Å². The molecule has 8 heteroatoms. The summed E-state index contributed by atoms with van der Waals surface area (Å²) in [5.41, 5.74) is 2.72. The Morgan fingerprint density at radius 2 is 1.90 bits per heavy atom. The maximum Gasteiger partial charge on any atom is 0.254 e. The van der Waals surface area contributed by atoms with Gasteiger partial charge in [0.05, 0.1) is 17.6 Å². The van der Waals surface area contributed by atoms with Crippen molar-refractivity contribution in [2.75, 3.05) is 32.7 Å². The second kappa shape index (κ2) is 9.50. The Labute approximate surface area is 189 Å². The molecule has 1 unspecified atom stereocenters. The topological polar surface area (TPSA) is 65.5 Å². The number of carbonyl (C=O) groups excluding carboxylic acids is 2. The summed E-state index contributed by atoms with van der Waals surface area (Å²) in [6, 6.07) is 10.1. The van der Waals surface area contributed by atoms with Gasteiger partial charge < -0.3 is 15.1 Å². The van der Waals surface area contributed by atoms with Gasteiger partial charge in [-0.05, 0) is 37.8 Å². The molecule has 3 fully saturated rings. The Morgan fingerprint density at radius 3 is 2.67 bits per heavy atom. The second-order valence-corrected chi connectivity index (χ2v) is 8.20. The summed E-state index contributed by atoms with van der Waals surface area (Å²) >= 11 is 0. The number of halogens is 2. The summed E-state index contributed by atoms with van der Waals surface area (Å²) in [5, 5.41) is 4.06. The molecule has 2 aliphatic heterocycles. The van der Waals surface area contributed by atoms with Crippen LogP contribution in [-0.2, 0) is 4.79 Å². The van der Waals surface area contributed by atoms with Crippen LogP contribution in [0.1, 0.15) is 47.7 Å². The van der Waals surface area contributed by atoms with Crippen molar-refractivity contribution in [1.29, 1.82) is 0 Å². The van der Waals surface area contributed by atoms with E-state index in [1.165, 1.54) is 0 Å². The van der Waals surface area contributed by atoms with Crippen LogP contribution in [0.15, 0.2) is 30.3 Å². The highest BCUT2D eigenvalue weighted by atomic mass is 35.5. The quantitative estimate of drug-likeness (QED) is 0.780. The van der Waals surface area contributed by atoms with Crippen molar-refractivity contribution in [3.63, 3.8) is 0 Å². The van der Waals surface area contributed by atoms with Crippen LogP contribution in [0.5, 0.6) is 0 Å². The maximum atomic E-state index is 13.5. The number of benzene rings is 1. The number of amides is 2. The van der Waals surface area contributed by atoms with Gasteiger partial charge in [0, 0.05) is 49.2 Å². The lowest BCUT2D eigenvalue weighted by atomic mass is 10.00. The molecule has 2 amide bonds. The van der Waals surface area contributed by atoms with Crippen LogP contribution in [0, 0.1) is 0 Å². The monoisotopic (exact) mass is 450 g/mol. The summed E-state index contributed by atoms with van der Waals surface area (Å²) in [6.07, 6.45) is 4.23. The summed E-state index contributed by atoms with van der Waals surface area (Å²) in [4.78, 5) is 34.5. The fourth-order valence-electron chi connectivity index (χ4n) is 4.53. The van der Waals surface area contributed by atoms with Crippen LogP contribution in [0.2, 0.25) is 0 Å². The van der Waals surface area contributed by atoms with E-state index in [0.717, 1.165) is 67.5 Å². The van der Waals surface area contributed by atoms with Crippen LogP contribution < -0.4 is 5.32 Å². The molecule has 5 rings (SSSR count). The first-order chi connectivity index (χ1) is 13.7. The highest BCUT2D eigenvalue weighted by molar-refractivity contribution is 6.06. The second-order valence-electron chi connectivity index (χ2n) is 8.20. The number of aromatic nitrogens is 1. The van der Waals surface area contributed by atoms with Crippen LogP contribution in [-0.4, -0.2) is 65.4 Å². The standard InChI is InChI=1S/C22H26N4O2.2ClH/c27-21-13-23-9-11-26(21)16-4-3-10-25(14-16)22(28)18-12-20(15-7-8-15)24-19-6-2-1-5-17(18)19;;/h1-2,5-6,12,15-16,23H,3-4,7-11,13-14H2;2*1H. The molecule has 1 aliphatic carbocycles. The van der Waals surface area contributed by atoms with Gasteiger partial charge in [-0.1, -0.05) is 18.2 Å². The zero-order chi connectivity index (χ0) is 19.1. The van der Waals surface area contributed by atoms with Gasteiger partial charge >= 0.3 is 0 Å². The van der Waals surface area contributed by atoms with E-state index in [1.54, 1.807) is 0 Å². The molecule has 162 valence electrons. The predicted molar refractivity (Wildman–Crippen MR) is 122 cm³/mol. The number of hydrogen-bond donors (Lipinski definition) is 1. The van der Waals surface area contributed by atoms with E-state index in [2.05, 4.69) is 5.32 Å². The lowest BCUT2D eigenvalue weighted by Crippen LogP contribution is -2.57. The molecule has 1 N–H and O–H groups in total. The van der Waals surface area contributed by atoms with Crippen molar-refractivity contribution in [2.45, 2.75) is 37.6 Å². The van der Waals surface area contributed by atoms with E-state index in [-0.39, 0.29) is 42.7 Å². The van der Waals surface area contributed by atoms with Gasteiger partial charge in [0.1, 0.15) is 0 Å². The number of likely N-dealkylation sites (tertiary alicyclic amines) is 1. The number of rotatable bonds is 3. The summed E-state index contributed by atoms with van der Waals surface area (Å²) in [6.45, 7) is 3.35. The van der Waals surface area contributed by atoms with E-state index in [9.17, 15) is 9.59 Å². The largest absolute Gasteiger partial charge is 0.337 e. The molecule has 2 saturated heterocycles. The van der Waals surface area contributed by atoms with Crippen molar-refractivity contribution in [3.8, 4) is 0 Å². The number of para-hydroxylation sites is 1. The highest BCUT2D eigenvalue weighted by Gasteiger charge is 2.33. The molecule has 3 aliphatic rings. The minimum atomic E-state index is 0. The fraction of sp³-hybridized carbons (Fsp3) is 0.500. The smallest absolute Gasteiger partial charge is 0.254 e. The number of carbonyl (C=O) groups is 2. The Kier molecular flexibility index (Phi) is 7.22. The first-order valence-corrected chi connectivity index (χ1v) is 10.4. The maximum absolute atomic E-state index is 13.5. The molecular weight excluding hydrogens is 423 g/mol. The van der Waals surface area contributed by atoms with Gasteiger partial charge in [-0.2, -0.15) is 0 Å². The lowest BCUT2D eigenvalue weighted by Gasteiger charge is -2.41. The minimum absolute atomic E-state index is 0. The fourth-order valence-corrected chi connectivity index (χ4v) is 4.53. The highest BCUT2D eigenvalue weighted by Crippen LogP contribution is 2.40. The Hall–Kier alpha value is -1.89. The average molecular weight is 451 g/mol. The zero-order valence-electron chi connectivity index (χ0n) is 16.9. The van der Waals surface area contributed by atoms with Crippen molar-refractivity contribution < 1.29 is 9.59 Å². The molecule has 0 bridgehead atoms.